The molecular formula is C11H7ClF3N. The number of alkyl halides is 3. The molecule has 0 aliphatic carbocycles. The van der Waals surface area contributed by atoms with E-state index in [1.807, 2.05) is 0 Å². The molecule has 0 aliphatic rings. The van der Waals surface area contributed by atoms with Crippen LogP contribution in [0.4, 0.5) is 13.2 Å². The first-order valence-electron chi connectivity index (χ1n) is 4.52. The molecule has 0 spiro atoms. The van der Waals surface area contributed by atoms with Crippen LogP contribution < -0.4 is 0 Å². The largest absolute Gasteiger partial charge is 0.417 e. The van der Waals surface area contributed by atoms with Crippen molar-refractivity contribution in [3.8, 4) is 0 Å². The quantitative estimate of drug-likeness (QED) is 0.634. The SMILES string of the molecule is Cc1cnc(Cl)c2c(C(F)(F)F)cccc12. The third kappa shape index (κ3) is 1.73. The highest BCUT2D eigenvalue weighted by Gasteiger charge is 2.33. The van der Waals surface area contributed by atoms with Crippen molar-refractivity contribution in [1.29, 1.82) is 0 Å². The number of hydrogen-bond donors (Lipinski definition) is 0. The number of fused-ring (bicyclic) bond motifs is 1. The molecule has 2 rings (SSSR count). The van der Waals surface area contributed by atoms with E-state index in [4.69, 9.17) is 11.6 Å². The van der Waals surface area contributed by atoms with E-state index >= 15 is 0 Å². The molecule has 0 bridgehead atoms. The van der Waals surface area contributed by atoms with Gasteiger partial charge in [0.25, 0.3) is 0 Å². The Balaban J connectivity index is 2.92. The second-order valence-corrected chi connectivity index (χ2v) is 3.82. The predicted octanol–water partition coefficient (Wildman–Crippen LogP) is 4.22. The fraction of sp³-hybridized carbons (Fsp3) is 0.182. The molecule has 0 aliphatic heterocycles. The van der Waals surface area contributed by atoms with Gasteiger partial charge in [0.1, 0.15) is 5.15 Å². The molecule has 5 heteroatoms. The van der Waals surface area contributed by atoms with Crippen molar-refractivity contribution in [3.63, 3.8) is 0 Å². The fourth-order valence-corrected chi connectivity index (χ4v) is 1.88. The molecule has 0 unspecified atom stereocenters. The van der Waals surface area contributed by atoms with Crippen LogP contribution in [0, 0.1) is 6.92 Å². The highest BCUT2D eigenvalue weighted by Crippen LogP contribution is 2.37. The minimum Gasteiger partial charge on any atom is -0.244 e. The van der Waals surface area contributed by atoms with Gasteiger partial charge in [0, 0.05) is 11.6 Å². The average molecular weight is 246 g/mol. The van der Waals surface area contributed by atoms with Crippen LogP contribution in [0.2, 0.25) is 5.15 Å². The topological polar surface area (TPSA) is 12.9 Å². The second kappa shape index (κ2) is 3.63. The average Bonchev–Trinajstić information content (AvgIpc) is 2.22. The Morgan fingerprint density at radius 3 is 2.56 bits per heavy atom. The Kier molecular flexibility index (Phi) is 2.54. The maximum absolute atomic E-state index is 12.7. The molecule has 0 radical (unpaired) electrons. The van der Waals surface area contributed by atoms with E-state index in [9.17, 15) is 13.2 Å². The van der Waals surface area contributed by atoms with E-state index in [-0.39, 0.29) is 10.5 Å². The number of pyridine rings is 1. The molecule has 0 amide bonds. The molecular weight excluding hydrogens is 239 g/mol. The molecule has 0 atom stereocenters. The van der Waals surface area contributed by atoms with E-state index < -0.39 is 11.7 Å². The van der Waals surface area contributed by atoms with E-state index in [1.165, 1.54) is 12.3 Å². The van der Waals surface area contributed by atoms with E-state index in [0.717, 1.165) is 6.07 Å². The number of aromatic nitrogens is 1. The minimum atomic E-state index is -4.42. The van der Waals surface area contributed by atoms with Crippen LogP contribution in [-0.4, -0.2) is 4.98 Å². The molecule has 2 aromatic rings. The number of rotatable bonds is 0. The molecule has 1 aromatic heterocycles. The minimum absolute atomic E-state index is 0.0309. The van der Waals surface area contributed by atoms with Gasteiger partial charge in [0.05, 0.1) is 5.56 Å². The van der Waals surface area contributed by atoms with Crippen molar-refractivity contribution in [2.75, 3.05) is 0 Å². The molecule has 1 heterocycles. The molecule has 84 valence electrons. The van der Waals surface area contributed by atoms with Gasteiger partial charge in [-0.15, -0.1) is 0 Å². The summed E-state index contributed by atoms with van der Waals surface area (Å²) in [4.78, 5) is 3.75. The van der Waals surface area contributed by atoms with Crippen molar-refractivity contribution < 1.29 is 13.2 Å². The van der Waals surface area contributed by atoms with Gasteiger partial charge < -0.3 is 0 Å². The summed E-state index contributed by atoms with van der Waals surface area (Å²) in [5.74, 6) is 0. The Bertz CT molecular complexity index is 549. The fourth-order valence-electron chi connectivity index (χ4n) is 1.63. The standard InChI is InChI=1S/C11H7ClF3N/c1-6-5-16-10(12)9-7(6)3-2-4-8(9)11(13,14)15/h2-5H,1H3. The van der Waals surface area contributed by atoms with Gasteiger partial charge >= 0.3 is 6.18 Å². The lowest BCUT2D eigenvalue weighted by Gasteiger charge is -2.12. The Morgan fingerprint density at radius 1 is 1.25 bits per heavy atom. The van der Waals surface area contributed by atoms with Crippen molar-refractivity contribution in [1.82, 2.24) is 4.98 Å². The van der Waals surface area contributed by atoms with Crippen LogP contribution in [0.5, 0.6) is 0 Å². The summed E-state index contributed by atoms with van der Waals surface area (Å²) in [5, 5.41) is 0.333. The van der Waals surface area contributed by atoms with Crippen LogP contribution in [-0.2, 0) is 6.18 Å². The summed E-state index contributed by atoms with van der Waals surface area (Å²) in [6.07, 6.45) is -2.95. The summed E-state index contributed by atoms with van der Waals surface area (Å²) >= 11 is 5.73. The third-order valence-electron chi connectivity index (χ3n) is 2.37. The van der Waals surface area contributed by atoms with Gasteiger partial charge in [-0.3, -0.25) is 0 Å². The second-order valence-electron chi connectivity index (χ2n) is 3.46. The number of aryl methyl sites for hydroxylation is 1. The van der Waals surface area contributed by atoms with Gasteiger partial charge in [-0.1, -0.05) is 23.7 Å². The van der Waals surface area contributed by atoms with Crippen molar-refractivity contribution in [2.24, 2.45) is 0 Å². The van der Waals surface area contributed by atoms with Gasteiger partial charge in [0.2, 0.25) is 0 Å². The third-order valence-corrected chi connectivity index (χ3v) is 2.66. The van der Waals surface area contributed by atoms with Crippen LogP contribution in [0.25, 0.3) is 10.8 Å². The van der Waals surface area contributed by atoms with Gasteiger partial charge in [0.15, 0.2) is 0 Å². The van der Waals surface area contributed by atoms with E-state index in [2.05, 4.69) is 4.98 Å². The highest BCUT2D eigenvalue weighted by atomic mass is 35.5. The number of halogens is 4. The normalized spacial score (nSPS) is 12.1. The summed E-state index contributed by atoms with van der Waals surface area (Å²) in [7, 11) is 0. The first-order chi connectivity index (χ1) is 7.41. The lowest BCUT2D eigenvalue weighted by Crippen LogP contribution is -2.06. The van der Waals surface area contributed by atoms with Crippen LogP contribution in [0.15, 0.2) is 24.4 Å². The smallest absolute Gasteiger partial charge is 0.244 e. The highest BCUT2D eigenvalue weighted by molar-refractivity contribution is 6.34. The summed E-state index contributed by atoms with van der Waals surface area (Å²) < 4.78 is 38.2. The molecule has 0 N–H and O–H groups in total. The first kappa shape index (κ1) is 11.2. The van der Waals surface area contributed by atoms with E-state index in [1.54, 1.807) is 13.0 Å². The van der Waals surface area contributed by atoms with Gasteiger partial charge in [-0.2, -0.15) is 13.2 Å². The van der Waals surface area contributed by atoms with Crippen molar-refractivity contribution in [3.05, 3.63) is 40.7 Å². The zero-order chi connectivity index (χ0) is 11.9. The lowest BCUT2D eigenvalue weighted by molar-refractivity contribution is -0.136. The number of nitrogens with zero attached hydrogens (tertiary/aromatic N) is 1. The Morgan fingerprint density at radius 2 is 1.94 bits per heavy atom. The first-order valence-corrected chi connectivity index (χ1v) is 4.90. The Labute approximate surface area is 94.9 Å². The molecule has 1 nitrogen and oxygen atoms in total. The molecule has 0 saturated carbocycles. The molecule has 16 heavy (non-hydrogen) atoms. The zero-order valence-corrected chi connectivity index (χ0v) is 9.02. The molecule has 0 fully saturated rings. The van der Waals surface area contributed by atoms with Crippen LogP contribution in [0.1, 0.15) is 11.1 Å². The monoisotopic (exact) mass is 245 g/mol. The summed E-state index contributed by atoms with van der Waals surface area (Å²) in [5.41, 5.74) is -0.0725. The summed E-state index contributed by atoms with van der Waals surface area (Å²) in [6.45, 7) is 1.70. The number of hydrogen-bond acceptors (Lipinski definition) is 1. The van der Waals surface area contributed by atoms with Crippen molar-refractivity contribution in [2.45, 2.75) is 13.1 Å². The Hall–Kier alpha value is -1.29. The summed E-state index contributed by atoms with van der Waals surface area (Å²) in [6, 6.07) is 3.98. The van der Waals surface area contributed by atoms with Gasteiger partial charge in [-0.05, 0) is 23.9 Å². The number of benzene rings is 1. The lowest BCUT2D eigenvalue weighted by atomic mass is 10.0. The van der Waals surface area contributed by atoms with Gasteiger partial charge in [-0.25, -0.2) is 4.98 Å². The molecule has 1 aromatic carbocycles. The maximum atomic E-state index is 12.7. The molecule has 0 saturated heterocycles. The van der Waals surface area contributed by atoms with Crippen molar-refractivity contribution >= 4 is 22.4 Å². The maximum Gasteiger partial charge on any atom is 0.417 e. The predicted molar refractivity (Wildman–Crippen MR) is 56.5 cm³/mol. The van der Waals surface area contributed by atoms with E-state index in [0.29, 0.717) is 10.9 Å². The zero-order valence-electron chi connectivity index (χ0n) is 8.27. The van der Waals surface area contributed by atoms with Crippen LogP contribution >= 0.6 is 11.6 Å². The van der Waals surface area contributed by atoms with Crippen LogP contribution in [0.3, 0.4) is 0 Å².